The van der Waals surface area contributed by atoms with Gasteiger partial charge in [0.1, 0.15) is 0 Å². The maximum Gasteiger partial charge on any atom is 0.317 e. The van der Waals surface area contributed by atoms with E-state index in [1.54, 1.807) is 17.3 Å². The highest BCUT2D eigenvalue weighted by molar-refractivity contribution is 5.74. The first-order valence-electron chi connectivity index (χ1n) is 8.45. The highest BCUT2D eigenvalue weighted by Gasteiger charge is 2.17. The van der Waals surface area contributed by atoms with Gasteiger partial charge in [-0.15, -0.1) is 0 Å². The molecule has 0 spiro atoms. The van der Waals surface area contributed by atoms with Crippen LogP contribution in [0.15, 0.2) is 48.8 Å². The summed E-state index contributed by atoms with van der Waals surface area (Å²) in [6.45, 7) is 3.30. The van der Waals surface area contributed by atoms with Gasteiger partial charge in [-0.1, -0.05) is 24.3 Å². The van der Waals surface area contributed by atoms with E-state index in [0.717, 1.165) is 18.7 Å². The minimum absolute atomic E-state index is 0.0740. The number of nitrogens with one attached hydrogen (secondary N) is 1. The molecule has 1 fully saturated rings. The Balaban J connectivity index is 1.60. The van der Waals surface area contributed by atoms with Gasteiger partial charge in [0, 0.05) is 51.3 Å². The molecule has 5 heteroatoms. The SMILES string of the molecule is CN(Cc1ccccc1N1CCCC1)C(=O)NCc1cccnc1. The van der Waals surface area contributed by atoms with Crippen molar-refractivity contribution in [2.24, 2.45) is 0 Å². The lowest BCUT2D eigenvalue weighted by molar-refractivity contribution is 0.206. The lowest BCUT2D eigenvalue weighted by atomic mass is 10.1. The predicted molar refractivity (Wildman–Crippen MR) is 95.8 cm³/mol. The number of hydrogen-bond acceptors (Lipinski definition) is 3. The molecule has 2 amide bonds. The first-order chi connectivity index (χ1) is 11.7. The topological polar surface area (TPSA) is 48.5 Å². The summed E-state index contributed by atoms with van der Waals surface area (Å²) in [6.07, 6.45) is 5.99. The Labute approximate surface area is 143 Å². The molecule has 126 valence electrons. The van der Waals surface area contributed by atoms with Crippen LogP contribution in [-0.4, -0.2) is 36.1 Å². The molecular formula is C19H24N4O. The van der Waals surface area contributed by atoms with Gasteiger partial charge in [-0.05, 0) is 36.1 Å². The minimum atomic E-state index is -0.0740. The normalized spacial score (nSPS) is 13.8. The molecule has 5 nitrogen and oxygen atoms in total. The van der Waals surface area contributed by atoms with Crippen LogP contribution >= 0.6 is 0 Å². The molecule has 0 bridgehead atoms. The molecule has 3 rings (SSSR count). The second kappa shape index (κ2) is 7.81. The number of pyridine rings is 1. The Morgan fingerprint density at radius 1 is 1.21 bits per heavy atom. The maximum absolute atomic E-state index is 12.3. The number of rotatable bonds is 5. The zero-order valence-electron chi connectivity index (χ0n) is 14.1. The molecule has 1 aliphatic rings. The van der Waals surface area contributed by atoms with Gasteiger partial charge in [-0.2, -0.15) is 0 Å². The number of benzene rings is 1. The van der Waals surface area contributed by atoms with Crippen LogP contribution in [0.2, 0.25) is 0 Å². The zero-order chi connectivity index (χ0) is 16.8. The maximum atomic E-state index is 12.3. The third kappa shape index (κ3) is 4.04. The molecule has 2 heterocycles. The Hall–Kier alpha value is -2.56. The summed E-state index contributed by atoms with van der Waals surface area (Å²) in [5.41, 5.74) is 3.44. The lowest BCUT2D eigenvalue weighted by Crippen LogP contribution is -2.36. The zero-order valence-corrected chi connectivity index (χ0v) is 14.1. The van der Waals surface area contributed by atoms with E-state index in [9.17, 15) is 4.79 Å². The summed E-state index contributed by atoms with van der Waals surface area (Å²) in [6, 6.07) is 12.1. The molecular weight excluding hydrogens is 300 g/mol. The molecule has 0 aliphatic carbocycles. The third-order valence-corrected chi connectivity index (χ3v) is 4.36. The van der Waals surface area contributed by atoms with E-state index in [0.29, 0.717) is 13.1 Å². The fraction of sp³-hybridized carbons (Fsp3) is 0.368. The van der Waals surface area contributed by atoms with Crippen LogP contribution in [0.5, 0.6) is 0 Å². The molecule has 1 aromatic carbocycles. The van der Waals surface area contributed by atoms with Crippen molar-refractivity contribution in [1.29, 1.82) is 0 Å². The van der Waals surface area contributed by atoms with E-state index in [4.69, 9.17) is 0 Å². The Morgan fingerprint density at radius 3 is 2.75 bits per heavy atom. The molecule has 2 aromatic rings. The van der Waals surface area contributed by atoms with Crippen LogP contribution in [0.25, 0.3) is 0 Å². The van der Waals surface area contributed by atoms with E-state index < -0.39 is 0 Å². The Morgan fingerprint density at radius 2 is 2.00 bits per heavy atom. The van der Waals surface area contributed by atoms with Crippen molar-refractivity contribution in [2.75, 3.05) is 25.0 Å². The fourth-order valence-electron chi connectivity index (χ4n) is 3.05. The molecule has 0 saturated carbocycles. The van der Waals surface area contributed by atoms with Gasteiger partial charge in [0.25, 0.3) is 0 Å². The van der Waals surface area contributed by atoms with Crippen LogP contribution in [0.4, 0.5) is 10.5 Å². The number of amides is 2. The second-order valence-corrected chi connectivity index (χ2v) is 6.20. The molecule has 1 N–H and O–H groups in total. The molecule has 0 atom stereocenters. The number of urea groups is 1. The quantitative estimate of drug-likeness (QED) is 0.920. The van der Waals surface area contributed by atoms with E-state index in [-0.39, 0.29) is 6.03 Å². The van der Waals surface area contributed by atoms with Gasteiger partial charge in [0.15, 0.2) is 0 Å². The predicted octanol–water partition coefficient (Wildman–Crippen LogP) is 3.02. The van der Waals surface area contributed by atoms with Gasteiger partial charge in [-0.25, -0.2) is 4.79 Å². The van der Waals surface area contributed by atoms with Crippen molar-refractivity contribution in [3.8, 4) is 0 Å². The van der Waals surface area contributed by atoms with Gasteiger partial charge < -0.3 is 15.1 Å². The van der Waals surface area contributed by atoms with Crippen LogP contribution in [0.3, 0.4) is 0 Å². The summed E-state index contributed by atoms with van der Waals surface area (Å²) in [4.78, 5) is 20.5. The fourth-order valence-corrected chi connectivity index (χ4v) is 3.05. The summed E-state index contributed by atoms with van der Waals surface area (Å²) in [5, 5.41) is 2.94. The van der Waals surface area contributed by atoms with Crippen molar-refractivity contribution < 1.29 is 4.79 Å². The van der Waals surface area contributed by atoms with E-state index in [1.165, 1.54) is 24.1 Å². The minimum Gasteiger partial charge on any atom is -0.371 e. The number of hydrogen-bond donors (Lipinski definition) is 1. The number of anilines is 1. The average Bonchev–Trinajstić information content (AvgIpc) is 3.15. The smallest absolute Gasteiger partial charge is 0.317 e. The number of carbonyl (C=O) groups is 1. The van der Waals surface area contributed by atoms with Crippen molar-refractivity contribution in [1.82, 2.24) is 15.2 Å². The molecule has 0 unspecified atom stereocenters. The number of nitrogens with zero attached hydrogens (tertiary/aromatic N) is 3. The molecule has 1 aliphatic heterocycles. The highest BCUT2D eigenvalue weighted by atomic mass is 16.2. The number of carbonyl (C=O) groups excluding carboxylic acids is 1. The summed E-state index contributed by atoms with van der Waals surface area (Å²) < 4.78 is 0. The largest absolute Gasteiger partial charge is 0.371 e. The van der Waals surface area contributed by atoms with Crippen LogP contribution in [0, 0.1) is 0 Å². The van der Waals surface area contributed by atoms with Gasteiger partial charge in [0.2, 0.25) is 0 Å². The lowest BCUT2D eigenvalue weighted by Gasteiger charge is -2.24. The Kier molecular flexibility index (Phi) is 5.31. The summed E-state index contributed by atoms with van der Waals surface area (Å²) in [7, 11) is 1.83. The van der Waals surface area contributed by atoms with Crippen LogP contribution in [-0.2, 0) is 13.1 Å². The monoisotopic (exact) mass is 324 g/mol. The van der Waals surface area contributed by atoms with Gasteiger partial charge in [-0.3, -0.25) is 4.98 Å². The first-order valence-corrected chi connectivity index (χ1v) is 8.45. The first kappa shape index (κ1) is 16.3. The van der Waals surface area contributed by atoms with Crippen LogP contribution < -0.4 is 10.2 Å². The highest BCUT2D eigenvalue weighted by Crippen LogP contribution is 2.25. The molecule has 24 heavy (non-hydrogen) atoms. The van der Waals surface area contributed by atoms with E-state index in [2.05, 4.69) is 33.4 Å². The third-order valence-electron chi connectivity index (χ3n) is 4.36. The average molecular weight is 324 g/mol. The van der Waals surface area contributed by atoms with Crippen molar-refractivity contribution >= 4 is 11.7 Å². The Bertz CT molecular complexity index is 668. The number of para-hydroxylation sites is 1. The molecule has 1 aromatic heterocycles. The van der Waals surface area contributed by atoms with E-state index in [1.807, 2.05) is 25.2 Å². The van der Waals surface area contributed by atoms with Gasteiger partial charge in [0.05, 0.1) is 0 Å². The van der Waals surface area contributed by atoms with E-state index >= 15 is 0 Å². The van der Waals surface area contributed by atoms with Crippen molar-refractivity contribution in [3.05, 3.63) is 59.9 Å². The molecule has 1 saturated heterocycles. The summed E-state index contributed by atoms with van der Waals surface area (Å²) >= 11 is 0. The number of aromatic nitrogens is 1. The van der Waals surface area contributed by atoms with Gasteiger partial charge >= 0.3 is 6.03 Å². The summed E-state index contributed by atoms with van der Waals surface area (Å²) in [5.74, 6) is 0. The second-order valence-electron chi connectivity index (χ2n) is 6.20. The van der Waals surface area contributed by atoms with Crippen LogP contribution in [0.1, 0.15) is 24.0 Å². The van der Waals surface area contributed by atoms with Crippen molar-refractivity contribution in [2.45, 2.75) is 25.9 Å². The molecule has 0 radical (unpaired) electrons. The standard InChI is InChI=1S/C19H24N4O/c1-22(19(24)21-14-16-7-6-10-20-13-16)15-17-8-2-3-9-18(17)23-11-4-5-12-23/h2-3,6-10,13H,4-5,11-12,14-15H2,1H3,(H,21,24). The van der Waals surface area contributed by atoms with Crippen molar-refractivity contribution in [3.63, 3.8) is 0 Å².